The Labute approximate surface area is 105 Å². The fourth-order valence-corrected chi connectivity index (χ4v) is 3.15. The van der Waals surface area contributed by atoms with E-state index in [4.69, 9.17) is 10.5 Å². The minimum atomic E-state index is 0.135. The van der Waals surface area contributed by atoms with Crippen molar-refractivity contribution in [3.63, 3.8) is 0 Å². The summed E-state index contributed by atoms with van der Waals surface area (Å²) in [6.07, 6.45) is 1.17. The summed E-state index contributed by atoms with van der Waals surface area (Å²) in [5, 5.41) is 0. The highest BCUT2D eigenvalue weighted by Crippen LogP contribution is 2.31. The third-order valence-corrected chi connectivity index (χ3v) is 4.76. The summed E-state index contributed by atoms with van der Waals surface area (Å²) in [5.41, 5.74) is 6.21. The van der Waals surface area contributed by atoms with Crippen molar-refractivity contribution in [2.24, 2.45) is 11.7 Å². The van der Waals surface area contributed by atoms with Gasteiger partial charge >= 0.3 is 0 Å². The molecule has 0 amide bonds. The van der Waals surface area contributed by atoms with Crippen LogP contribution in [0, 0.1) is 5.92 Å². The summed E-state index contributed by atoms with van der Waals surface area (Å²) in [6.45, 7) is 12.9. The van der Waals surface area contributed by atoms with Crippen molar-refractivity contribution >= 4 is 0 Å². The summed E-state index contributed by atoms with van der Waals surface area (Å²) in [5.74, 6) is 0.612. The van der Waals surface area contributed by atoms with Crippen LogP contribution in [0.4, 0.5) is 0 Å². The molecule has 2 aliphatic heterocycles. The monoisotopic (exact) mass is 241 g/mol. The molecule has 0 aromatic carbocycles. The smallest absolute Gasteiger partial charge is 0.0513 e. The zero-order chi connectivity index (χ0) is 12.3. The first kappa shape index (κ1) is 13.3. The van der Waals surface area contributed by atoms with Crippen molar-refractivity contribution in [1.82, 2.24) is 9.80 Å². The lowest BCUT2D eigenvalue weighted by Crippen LogP contribution is -2.62. The van der Waals surface area contributed by atoms with Gasteiger partial charge in [0.25, 0.3) is 0 Å². The number of hydrogen-bond donors (Lipinski definition) is 1. The number of nitrogens with two attached hydrogens (primary N) is 1. The van der Waals surface area contributed by atoms with Gasteiger partial charge in [-0.1, -0.05) is 6.92 Å². The molecule has 2 atom stereocenters. The predicted octanol–water partition coefficient (Wildman–Crippen LogP) is 0.378. The quantitative estimate of drug-likeness (QED) is 0.772. The zero-order valence-corrected chi connectivity index (χ0v) is 11.3. The van der Waals surface area contributed by atoms with Crippen molar-refractivity contribution in [1.29, 1.82) is 0 Å². The Morgan fingerprint density at radius 1 is 1.29 bits per heavy atom. The minimum absolute atomic E-state index is 0.135. The normalized spacial score (nSPS) is 31.6. The van der Waals surface area contributed by atoms with Gasteiger partial charge in [-0.25, -0.2) is 0 Å². The molecule has 0 bridgehead atoms. The van der Waals surface area contributed by atoms with Gasteiger partial charge in [0.05, 0.1) is 6.61 Å². The fourth-order valence-electron chi connectivity index (χ4n) is 3.15. The minimum Gasteiger partial charge on any atom is -0.381 e. The first-order valence-corrected chi connectivity index (χ1v) is 6.96. The SMILES string of the molecule is CCN1CCN(C(C)(CN)C2CCOC2)CC1. The summed E-state index contributed by atoms with van der Waals surface area (Å²) in [7, 11) is 0. The molecule has 2 fully saturated rings. The molecule has 0 aromatic heterocycles. The Morgan fingerprint density at radius 2 is 2.00 bits per heavy atom. The standard InChI is InChI=1S/C13H27N3O/c1-3-15-5-7-16(8-6-15)13(2,11-14)12-4-9-17-10-12/h12H,3-11,14H2,1-2H3. The maximum Gasteiger partial charge on any atom is 0.0513 e. The van der Waals surface area contributed by atoms with Crippen LogP contribution in [0.3, 0.4) is 0 Å². The topological polar surface area (TPSA) is 41.7 Å². The molecule has 0 aromatic rings. The van der Waals surface area contributed by atoms with Gasteiger partial charge in [0.2, 0.25) is 0 Å². The van der Waals surface area contributed by atoms with Crippen molar-refractivity contribution in [2.75, 3.05) is 52.5 Å². The highest BCUT2D eigenvalue weighted by Gasteiger charge is 2.41. The molecule has 2 aliphatic rings. The van der Waals surface area contributed by atoms with E-state index in [2.05, 4.69) is 23.6 Å². The maximum absolute atomic E-state index is 6.07. The highest BCUT2D eigenvalue weighted by molar-refractivity contribution is 4.97. The summed E-state index contributed by atoms with van der Waals surface area (Å²) >= 11 is 0. The van der Waals surface area contributed by atoms with Gasteiger partial charge in [-0.15, -0.1) is 0 Å². The highest BCUT2D eigenvalue weighted by atomic mass is 16.5. The van der Waals surface area contributed by atoms with E-state index in [0.717, 1.165) is 32.8 Å². The van der Waals surface area contributed by atoms with Crippen LogP contribution in [0.15, 0.2) is 0 Å². The van der Waals surface area contributed by atoms with Crippen LogP contribution in [-0.2, 0) is 4.74 Å². The lowest BCUT2D eigenvalue weighted by atomic mass is 9.83. The zero-order valence-electron chi connectivity index (χ0n) is 11.3. The van der Waals surface area contributed by atoms with Crippen LogP contribution in [0.1, 0.15) is 20.3 Å². The van der Waals surface area contributed by atoms with Gasteiger partial charge < -0.3 is 15.4 Å². The van der Waals surface area contributed by atoms with E-state index in [-0.39, 0.29) is 5.54 Å². The second kappa shape index (κ2) is 5.65. The molecule has 0 saturated carbocycles. The molecule has 4 heteroatoms. The van der Waals surface area contributed by atoms with Crippen LogP contribution in [0.5, 0.6) is 0 Å². The molecule has 2 unspecified atom stereocenters. The number of ether oxygens (including phenoxy) is 1. The Balaban J connectivity index is 1.97. The summed E-state index contributed by atoms with van der Waals surface area (Å²) in [6, 6.07) is 0. The first-order chi connectivity index (χ1) is 8.20. The fraction of sp³-hybridized carbons (Fsp3) is 1.00. The third-order valence-electron chi connectivity index (χ3n) is 4.76. The number of piperazine rings is 1. The molecule has 2 saturated heterocycles. The molecular formula is C13H27N3O. The molecule has 0 spiro atoms. The lowest BCUT2D eigenvalue weighted by molar-refractivity contribution is 0.00769. The van der Waals surface area contributed by atoms with Crippen molar-refractivity contribution < 1.29 is 4.74 Å². The van der Waals surface area contributed by atoms with Crippen LogP contribution in [-0.4, -0.2) is 67.8 Å². The molecule has 100 valence electrons. The largest absolute Gasteiger partial charge is 0.381 e. The molecule has 0 radical (unpaired) electrons. The Morgan fingerprint density at radius 3 is 2.47 bits per heavy atom. The van der Waals surface area contributed by atoms with E-state index in [1.807, 2.05) is 0 Å². The molecule has 0 aliphatic carbocycles. The predicted molar refractivity (Wildman–Crippen MR) is 70.1 cm³/mol. The van der Waals surface area contributed by atoms with Crippen LogP contribution >= 0.6 is 0 Å². The van der Waals surface area contributed by atoms with E-state index in [1.54, 1.807) is 0 Å². The Hall–Kier alpha value is -0.160. The van der Waals surface area contributed by atoms with Crippen molar-refractivity contribution in [3.05, 3.63) is 0 Å². The van der Waals surface area contributed by atoms with Gasteiger partial charge in [-0.2, -0.15) is 0 Å². The number of hydrogen-bond acceptors (Lipinski definition) is 4. The van der Waals surface area contributed by atoms with Gasteiger partial charge in [0.15, 0.2) is 0 Å². The average Bonchev–Trinajstić information content (AvgIpc) is 2.92. The van der Waals surface area contributed by atoms with Crippen LogP contribution in [0.25, 0.3) is 0 Å². The number of nitrogens with zero attached hydrogens (tertiary/aromatic N) is 2. The third kappa shape index (κ3) is 2.65. The first-order valence-electron chi connectivity index (χ1n) is 6.96. The van der Waals surface area contributed by atoms with Crippen LogP contribution in [0.2, 0.25) is 0 Å². The van der Waals surface area contributed by atoms with Gasteiger partial charge in [-0.3, -0.25) is 4.90 Å². The van der Waals surface area contributed by atoms with E-state index in [1.165, 1.54) is 26.1 Å². The average molecular weight is 241 g/mol. The molecular weight excluding hydrogens is 214 g/mol. The number of rotatable bonds is 4. The van der Waals surface area contributed by atoms with Gasteiger partial charge in [0, 0.05) is 50.8 Å². The lowest BCUT2D eigenvalue weighted by Gasteiger charge is -2.48. The van der Waals surface area contributed by atoms with Gasteiger partial charge in [0.1, 0.15) is 0 Å². The van der Waals surface area contributed by atoms with E-state index in [9.17, 15) is 0 Å². The van der Waals surface area contributed by atoms with Crippen LogP contribution < -0.4 is 5.73 Å². The second-order valence-electron chi connectivity index (χ2n) is 5.54. The van der Waals surface area contributed by atoms with E-state index < -0.39 is 0 Å². The van der Waals surface area contributed by atoms with E-state index in [0.29, 0.717) is 5.92 Å². The van der Waals surface area contributed by atoms with Crippen molar-refractivity contribution in [3.8, 4) is 0 Å². The summed E-state index contributed by atoms with van der Waals surface area (Å²) < 4.78 is 5.55. The molecule has 17 heavy (non-hydrogen) atoms. The number of likely N-dealkylation sites (N-methyl/N-ethyl adjacent to an activating group) is 1. The van der Waals surface area contributed by atoms with Crippen molar-refractivity contribution in [2.45, 2.75) is 25.8 Å². The summed E-state index contributed by atoms with van der Waals surface area (Å²) in [4.78, 5) is 5.11. The molecule has 4 nitrogen and oxygen atoms in total. The Kier molecular flexibility index (Phi) is 4.42. The molecule has 2 N–H and O–H groups in total. The Bertz CT molecular complexity index is 235. The molecule has 2 heterocycles. The second-order valence-corrected chi connectivity index (χ2v) is 5.54. The van der Waals surface area contributed by atoms with Gasteiger partial charge in [-0.05, 0) is 19.9 Å². The molecule has 2 rings (SSSR count). The van der Waals surface area contributed by atoms with E-state index >= 15 is 0 Å². The maximum atomic E-state index is 6.07.